The molecule has 0 spiro atoms. The van der Waals surface area contributed by atoms with Crippen molar-refractivity contribution in [2.24, 2.45) is 0 Å². The van der Waals surface area contributed by atoms with Gasteiger partial charge in [-0.2, -0.15) is 0 Å². The molecule has 1 aromatic heterocycles. The molecule has 1 fully saturated rings. The van der Waals surface area contributed by atoms with Crippen LogP contribution < -0.4 is 0 Å². The van der Waals surface area contributed by atoms with E-state index in [1.54, 1.807) is 25.1 Å². The topological polar surface area (TPSA) is 54.8 Å². The van der Waals surface area contributed by atoms with Crippen LogP contribution in [0, 0.1) is 12.7 Å². The molecule has 184 valence electrons. The van der Waals surface area contributed by atoms with Crippen molar-refractivity contribution in [1.29, 1.82) is 0 Å². The summed E-state index contributed by atoms with van der Waals surface area (Å²) in [6.45, 7) is 8.32. The third-order valence-corrected chi connectivity index (χ3v) is 6.53. The second-order valence-corrected chi connectivity index (χ2v) is 8.80. The quantitative estimate of drug-likeness (QED) is 0.448. The number of benzene rings is 2. The van der Waals surface area contributed by atoms with Gasteiger partial charge in [-0.3, -0.25) is 9.69 Å². The average Bonchev–Trinajstić information content (AvgIpc) is 3.20. The van der Waals surface area contributed by atoms with Crippen molar-refractivity contribution in [1.82, 2.24) is 14.4 Å². The van der Waals surface area contributed by atoms with Gasteiger partial charge in [0.15, 0.2) is 0 Å². The summed E-state index contributed by atoms with van der Waals surface area (Å²) >= 11 is 0. The number of carbonyl (C=O) groups is 2. The Balaban J connectivity index is 1.42. The highest BCUT2D eigenvalue weighted by atomic mass is 19.1. The number of amides is 1. The van der Waals surface area contributed by atoms with Crippen LogP contribution in [0.25, 0.3) is 11.3 Å². The minimum absolute atomic E-state index is 0.0974. The van der Waals surface area contributed by atoms with E-state index in [0.717, 1.165) is 36.6 Å². The van der Waals surface area contributed by atoms with Gasteiger partial charge in [0, 0.05) is 57.1 Å². The van der Waals surface area contributed by atoms with Crippen LogP contribution in [0.2, 0.25) is 0 Å². The van der Waals surface area contributed by atoms with E-state index in [2.05, 4.69) is 17.0 Å². The summed E-state index contributed by atoms with van der Waals surface area (Å²) in [5.41, 5.74) is 4.04. The molecule has 1 aliphatic rings. The fourth-order valence-corrected chi connectivity index (χ4v) is 4.57. The summed E-state index contributed by atoms with van der Waals surface area (Å²) in [5.74, 6) is -0.621. The second kappa shape index (κ2) is 11.3. The molecule has 2 aromatic carbocycles. The SMILES string of the molecule is CCOC(=O)c1cc(-c2ccc(F)cc2)n(CCC(=O)N2CCN(Cc3ccccc3)CC2)c1C. The molecule has 0 atom stereocenters. The lowest BCUT2D eigenvalue weighted by molar-refractivity contribution is -0.133. The molecule has 1 aliphatic heterocycles. The molecule has 0 N–H and O–H groups in total. The maximum atomic E-state index is 13.5. The summed E-state index contributed by atoms with van der Waals surface area (Å²) in [6, 6.07) is 18.3. The fraction of sp³-hybridized carbons (Fsp3) is 0.357. The zero-order valence-corrected chi connectivity index (χ0v) is 20.4. The molecule has 35 heavy (non-hydrogen) atoms. The minimum atomic E-state index is -0.395. The number of esters is 1. The number of rotatable bonds is 8. The standard InChI is InChI=1S/C28H32FN3O3/c1-3-35-28(34)25-19-26(23-9-11-24(29)12-10-23)32(21(25)2)14-13-27(33)31-17-15-30(16-18-31)20-22-7-5-4-6-8-22/h4-12,19H,3,13-18,20H2,1-2H3. The van der Waals surface area contributed by atoms with Crippen LogP contribution >= 0.6 is 0 Å². The Hall–Kier alpha value is -3.45. The van der Waals surface area contributed by atoms with Gasteiger partial charge in [0.2, 0.25) is 5.91 Å². The van der Waals surface area contributed by atoms with Gasteiger partial charge in [0.25, 0.3) is 0 Å². The normalized spacial score (nSPS) is 14.2. The van der Waals surface area contributed by atoms with Gasteiger partial charge in [0.05, 0.1) is 12.2 Å². The van der Waals surface area contributed by atoms with Gasteiger partial charge in [-0.15, -0.1) is 0 Å². The summed E-state index contributed by atoms with van der Waals surface area (Å²) in [7, 11) is 0. The van der Waals surface area contributed by atoms with E-state index in [-0.39, 0.29) is 18.3 Å². The Morgan fingerprint density at radius 1 is 0.971 bits per heavy atom. The van der Waals surface area contributed by atoms with Crippen LogP contribution in [0.15, 0.2) is 60.7 Å². The predicted octanol–water partition coefficient (Wildman–Crippen LogP) is 4.51. The summed E-state index contributed by atoms with van der Waals surface area (Å²) in [5, 5.41) is 0. The van der Waals surface area contributed by atoms with Crippen LogP contribution in [-0.4, -0.2) is 59.0 Å². The molecule has 1 saturated heterocycles. The molecule has 1 amide bonds. The second-order valence-electron chi connectivity index (χ2n) is 8.80. The van der Waals surface area contributed by atoms with Crippen molar-refractivity contribution in [3.05, 3.63) is 83.3 Å². The molecule has 2 heterocycles. The Kier molecular flexibility index (Phi) is 7.98. The van der Waals surface area contributed by atoms with Crippen LogP contribution in [0.3, 0.4) is 0 Å². The van der Waals surface area contributed by atoms with Gasteiger partial charge in [0.1, 0.15) is 5.82 Å². The van der Waals surface area contributed by atoms with Gasteiger partial charge >= 0.3 is 5.97 Å². The van der Waals surface area contributed by atoms with Gasteiger partial charge in [-0.1, -0.05) is 30.3 Å². The lowest BCUT2D eigenvalue weighted by Crippen LogP contribution is -2.48. The molecule has 0 bridgehead atoms. The molecule has 4 rings (SSSR count). The lowest BCUT2D eigenvalue weighted by atomic mass is 10.1. The Bertz CT molecular complexity index is 1150. The Morgan fingerprint density at radius 3 is 2.31 bits per heavy atom. The number of carbonyl (C=O) groups excluding carboxylic acids is 2. The average molecular weight is 478 g/mol. The maximum Gasteiger partial charge on any atom is 0.339 e. The number of halogens is 1. The van der Waals surface area contributed by atoms with Crippen molar-refractivity contribution < 1.29 is 18.7 Å². The predicted molar refractivity (Wildman–Crippen MR) is 133 cm³/mol. The zero-order valence-electron chi connectivity index (χ0n) is 20.4. The highest BCUT2D eigenvalue weighted by Crippen LogP contribution is 2.27. The Morgan fingerprint density at radius 2 is 1.66 bits per heavy atom. The Labute approximate surface area is 205 Å². The smallest absolute Gasteiger partial charge is 0.339 e. The van der Waals surface area contributed by atoms with Crippen LogP contribution in [-0.2, 0) is 22.6 Å². The van der Waals surface area contributed by atoms with E-state index in [9.17, 15) is 14.0 Å². The largest absolute Gasteiger partial charge is 0.462 e. The fourth-order valence-electron chi connectivity index (χ4n) is 4.57. The number of hydrogen-bond donors (Lipinski definition) is 0. The first-order chi connectivity index (χ1) is 17.0. The van der Waals surface area contributed by atoms with Crippen molar-refractivity contribution in [3.8, 4) is 11.3 Å². The van der Waals surface area contributed by atoms with Gasteiger partial charge in [-0.25, -0.2) is 9.18 Å². The van der Waals surface area contributed by atoms with E-state index < -0.39 is 5.97 Å². The van der Waals surface area contributed by atoms with Crippen LogP contribution in [0.4, 0.5) is 4.39 Å². The number of hydrogen-bond acceptors (Lipinski definition) is 4. The third kappa shape index (κ3) is 5.98. The van der Waals surface area contributed by atoms with Crippen molar-refractivity contribution in [2.45, 2.75) is 33.4 Å². The molecule has 0 radical (unpaired) electrons. The maximum absolute atomic E-state index is 13.5. The highest BCUT2D eigenvalue weighted by molar-refractivity contribution is 5.92. The van der Waals surface area contributed by atoms with Crippen LogP contribution in [0.5, 0.6) is 0 Å². The van der Waals surface area contributed by atoms with Crippen molar-refractivity contribution >= 4 is 11.9 Å². The number of ether oxygens (including phenoxy) is 1. The molecule has 7 heteroatoms. The minimum Gasteiger partial charge on any atom is -0.462 e. The molecular formula is C28H32FN3O3. The van der Waals surface area contributed by atoms with E-state index in [1.807, 2.05) is 34.6 Å². The van der Waals surface area contributed by atoms with E-state index >= 15 is 0 Å². The lowest BCUT2D eigenvalue weighted by Gasteiger charge is -2.35. The molecule has 3 aromatic rings. The molecule has 0 unspecified atom stereocenters. The monoisotopic (exact) mass is 477 g/mol. The van der Waals surface area contributed by atoms with E-state index in [1.165, 1.54) is 17.7 Å². The highest BCUT2D eigenvalue weighted by Gasteiger charge is 2.23. The summed E-state index contributed by atoms with van der Waals surface area (Å²) in [6.07, 6.45) is 0.324. The zero-order chi connectivity index (χ0) is 24.8. The number of aromatic nitrogens is 1. The first-order valence-electron chi connectivity index (χ1n) is 12.1. The molecule has 0 aliphatic carbocycles. The van der Waals surface area contributed by atoms with Gasteiger partial charge < -0.3 is 14.2 Å². The van der Waals surface area contributed by atoms with Crippen molar-refractivity contribution in [3.63, 3.8) is 0 Å². The number of nitrogens with zero attached hydrogens (tertiary/aromatic N) is 3. The van der Waals surface area contributed by atoms with Crippen LogP contribution in [0.1, 0.15) is 35.0 Å². The molecular weight excluding hydrogens is 445 g/mol. The van der Waals surface area contributed by atoms with Crippen molar-refractivity contribution in [2.75, 3.05) is 32.8 Å². The molecule has 6 nitrogen and oxygen atoms in total. The first-order valence-corrected chi connectivity index (χ1v) is 12.1. The number of piperazine rings is 1. The first kappa shape index (κ1) is 24.7. The van der Waals surface area contributed by atoms with E-state index in [0.29, 0.717) is 31.6 Å². The summed E-state index contributed by atoms with van der Waals surface area (Å²) in [4.78, 5) is 29.8. The molecule has 0 saturated carbocycles. The van der Waals surface area contributed by atoms with Gasteiger partial charge in [-0.05, 0) is 55.3 Å². The summed E-state index contributed by atoms with van der Waals surface area (Å²) < 4.78 is 20.7. The third-order valence-electron chi connectivity index (χ3n) is 6.53. The van der Waals surface area contributed by atoms with E-state index in [4.69, 9.17) is 4.74 Å².